The van der Waals surface area contributed by atoms with Gasteiger partial charge in [-0.3, -0.25) is 0 Å². The van der Waals surface area contributed by atoms with Crippen LogP contribution in [0.25, 0.3) is 0 Å². The van der Waals surface area contributed by atoms with E-state index < -0.39 is 0 Å². The number of rotatable bonds is 5. The molecular formula is C13H17BrN2O. The number of hydrogen-bond donors (Lipinski definition) is 1. The highest BCUT2D eigenvalue weighted by atomic mass is 79.9. The molecule has 17 heavy (non-hydrogen) atoms. The molecule has 0 spiro atoms. The lowest BCUT2D eigenvalue weighted by Crippen LogP contribution is -2.32. The minimum absolute atomic E-state index is 0.0123. The van der Waals surface area contributed by atoms with Crippen LogP contribution in [0, 0.1) is 11.3 Å². The van der Waals surface area contributed by atoms with Gasteiger partial charge in [0.25, 0.3) is 0 Å². The lowest BCUT2D eigenvalue weighted by molar-refractivity contribution is 0.282. The zero-order valence-corrected chi connectivity index (χ0v) is 11.7. The van der Waals surface area contributed by atoms with Crippen molar-refractivity contribution in [2.75, 3.05) is 11.4 Å². The molecule has 0 aromatic heterocycles. The molecule has 1 aromatic carbocycles. The second-order valence-electron chi connectivity index (χ2n) is 4.13. The molecule has 1 aromatic rings. The molecule has 0 heterocycles. The first kappa shape index (κ1) is 14.0. The van der Waals surface area contributed by atoms with Crippen LogP contribution in [0.5, 0.6) is 0 Å². The summed E-state index contributed by atoms with van der Waals surface area (Å²) < 4.78 is 0.979. The maximum Gasteiger partial charge on any atom is 0.0702 e. The Morgan fingerprint density at radius 3 is 2.71 bits per heavy atom. The SMILES string of the molecule is CC(C)N(CCC#N)c1cc(Br)ccc1CO. The van der Waals surface area contributed by atoms with Crippen molar-refractivity contribution in [2.45, 2.75) is 32.9 Å². The van der Waals surface area contributed by atoms with E-state index in [0.29, 0.717) is 19.0 Å². The largest absolute Gasteiger partial charge is 0.392 e. The summed E-state index contributed by atoms with van der Waals surface area (Å²) in [5.41, 5.74) is 1.88. The molecule has 0 aliphatic heterocycles. The van der Waals surface area contributed by atoms with Gasteiger partial charge in [-0.15, -0.1) is 0 Å². The summed E-state index contributed by atoms with van der Waals surface area (Å²) in [5.74, 6) is 0. The predicted octanol–water partition coefficient (Wildman–Crippen LogP) is 3.07. The molecule has 0 saturated heterocycles. The van der Waals surface area contributed by atoms with Crippen LogP contribution in [-0.4, -0.2) is 17.7 Å². The highest BCUT2D eigenvalue weighted by molar-refractivity contribution is 9.10. The van der Waals surface area contributed by atoms with Crippen molar-refractivity contribution < 1.29 is 5.11 Å². The lowest BCUT2D eigenvalue weighted by Gasteiger charge is -2.30. The molecule has 0 fully saturated rings. The number of aliphatic hydroxyl groups is 1. The average molecular weight is 297 g/mol. The summed E-state index contributed by atoms with van der Waals surface area (Å²) in [6.45, 7) is 4.86. The van der Waals surface area contributed by atoms with Gasteiger partial charge in [-0.25, -0.2) is 0 Å². The van der Waals surface area contributed by atoms with E-state index in [0.717, 1.165) is 15.7 Å². The second kappa shape index (κ2) is 6.63. The Bertz CT molecular complexity index is 412. The van der Waals surface area contributed by atoms with Gasteiger partial charge < -0.3 is 10.0 Å². The fourth-order valence-corrected chi connectivity index (χ4v) is 2.11. The Morgan fingerprint density at radius 2 is 2.18 bits per heavy atom. The van der Waals surface area contributed by atoms with Gasteiger partial charge in [0.1, 0.15) is 0 Å². The van der Waals surface area contributed by atoms with Gasteiger partial charge in [0.2, 0.25) is 0 Å². The normalized spacial score (nSPS) is 10.4. The van der Waals surface area contributed by atoms with E-state index in [1.165, 1.54) is 0 Å². The Balaban J connectivity index is 3.08. The van der Waals surface area contributed by atoms with Crippen molar-refractivity contribution in [1.82, 2.24) is 0 Å². The fraction of sp³-hybridized carbons (Fsp3) is 0.462. The molecule has 92 valence electrons. The first-order chi connectivity index (χ1) is 8.10. The molecule has 0 unspecified atom stereocenters. The Morgan fingerprint density at radius 1 is 1.47 bits per heavy atom. The van der Waals surface area contributed by atoms with Crippen LogP contribution in [0.1, 0.15) is 25.8 Å². The van der Waals surface area contributed by atoms with Gasteiger partial charge in [-0.1, -0.05) is 22.0 Å². The molecule has 3 nitrogen and oxygen atoms in total. The number of nitriles is 1. The van der Waals surface area contributed by atoms with Crippen molar-refractivity contribution in [3.05, 3.63) is 28.2 Å². The van der Waals surface area contributed by atoms with E-state index in [4.69, 9.17) is 5.26 Å². The lowest BCUT2D eigenvalue weighted by atomic mass is 10.1. The summed E-state index contributed by atoms with van der Waals surface area (Å²) in [5, 5.41) is 18.0. The zero-order chi connectivity index (χ0) is 12.8. The third kappa shape index (κ3) is 3.72. The monoisotopic (exact) mass is 296 g/mol. The number of nitrogens with zero attached hydrogens (tertiary/aromatic N) is 2. The molecule has 4 heteroatoms. The topological polar surface area (TPSA) is 47.3 Å². The summed E-state index contributed by atoms with van der Waals surface area (Å²) in [6, 6.07) is 8.26. The molecule has 0 atom stereocenters. The molecule has 0 radical (unpaired) electrons. The second-order valence-corrected chi connectivity index (χ2v) is 5.04. The maximum atomic E-state index is 9.36. The number of aliphatic hydroxyl groups excluding tert-OH is 1. The summed E-state index contributed by atoms with van der Waals surface area (Å²) in [7, 11) is 0. The molecule has 0 saturated carbocycles. The van der Waals surface area contributed by atoms with Gasteiger partial charge in [-0.2, -0.15) is 5.26 Å². The van der Waals surface area contributed by atoms with Crippen molar-refractivity contribution in [3.63, 3.8) is 0 Å². The minimum atomic E-state index is 0.0123. The molecule has 0 aliphatic carbocycles. The van der Waals surface area contributed by atoms with Gasteiger partial charge in [0.05, 0.1) is 19.1 Å². The zero-order valence-electron chi connectivity index (χ0n) is 10.2. The Labute approximate surface area is 111 Å². The van der Waals surface area contributed by atoms with Crippen molar-refractivity contribution in [1.29, 1.82) is 5.26 Å². The van der Waals surface area contributed by atoms with Crippen LogP contribution in [0.3, 0.4) is 0 Å². The van der Waals surface area contributed by atoms with Crippen LogP contribution in [0.15, 0.2) is 22.7 Å². The van der Waals surface area contributed by atoms with E-state index >= 15 is 0 Å². The highest BCUT2D eigenvalue weighted by Gasteiger charge is 2.14. The molecule has 1 rings (SSSR count). The number of benzene rings is 1. The van der Waals surface area contributed by atoms with E-state index in [1.807, 2.05) is 18.2 Å². The van der Waals surface area contributed by atoms with E-state index in [2.05, 4.69) is 40.7 Å². The average Bonchev–Trinajstić information content (AvgIpc) is 2.29. The first-order valence-corrected chi connectivity index (χ1v) is 6.42. The molecule has 1 N–H and O–H groups in total. The third-order valence-electron chi connectivity index (χ3n) is 2.61. The maximum absolute atomic E-state index is 9.36. The first-order valence-electron chi connectivity index (χ1n) is 5.63. The fourth-order valence-electron chi connectivity index (χ4n) is 1.77. The smallest absolute Gasteiger partial charge is 0.0702 e. The summed E-state index contributed by atoms with van der Waals surface area (Å²) in [4.78, 5) is 2.14. The highest BCUT2D eigenvalue weighted by Crippen LogP contribution is 2.27. The molecule has 0 aliphatic rings. The van der Waals surface area contributed by atoms with Crippen molar-refractivity contribution >= 4 is 21.6 Å². The van der Waals surface area contributed by atoms with Gasteiger partial charge in [0, 0.05) is 28.3 Å². The number of anilines is 1. The van der Waals surface area contributed by atoms with Crippen LogP contribution in [0.2, 0.25) is 0 Å². The van der Waals surface area contributed by atoms with Gasteiger partial charge in [0.15, 0.2) is 0 Å². The Hall–Kier alpha value is -1.05. The Kier molecular flexibility index (Phi) is 5.46. The number of halogens is 1. The summed E-state index contributed by atoms with van der Waals surface area (Å²) in [6.07, 6.45) is 0.482. The van der Waals surface area contributed by atoms with Crippen molar-refractivity contribution in [3.8, 4) is 6.07 Å². The predicted molar refractivity (Wildman–Crippen MR) is 72.8 cm³/mol. The van der Waals surface area contributed by atoms with Crippen molar-refractivity contribution in [2.24, 2.45) is 0 Å². The number of hydrogen-bond acceptors (Lipinski definition) is 3. The van der Waals surface area contributed by atoms with Crippen LogP contribution in [-0.2, 0) is 6.61 Å². The third-order valence-corrected chi connectivity index (χ3v) is 3.11. The quantitative estimate of drug-likeness (QED) is 0.908. The van der Waals surface area contributed by atoms with Crippen LogP contribution < -0.4 is 4.90 Å². The van der Waals surface area contributed by atoms with E-state index in [9.17, 15) is 5.11 Å². The van der Waals surface area contributed by atoms with Crippen LogP contribution in [0.4, 0.5) is 5.69 Å². The molecular weight excluding hydrogens is 280 g/mol. The van der Waals surface area contributed by atoms with E-state index in [-0.39, 0.29) is 6.61 Å². The summed E-state index contributed by atoms with van der Waals surface area (Å²) >= 11 is 3.44. The molecule has 0 amide bonds. The molecule has 0 bridgehead atoms. The standard InChI is InChI=1S/C13H17BrN2O/c1-10(2)16(7-3-6-15)13-8-12(14)5-4-11(13)9-17/h4-5,8,10,17H,3,7,9H2,1-2H3. The minimum Gasteiger partial charge on any atom is -0.392 e. The van der Waals surface area contributed by atoms with Gasteiger partial charge >= 0.3 is 0 Å². The van der Waals surface area contributed by atoms with E-state index in [1.54, 1.807) is 0 Å². The van der Waals surface area contributed by atoms with Crippen LogP contribution >= 0.6 is 15.9 Å². The van der Waals surface area contributed by atoms with Gasteiger partial charge in [-0.05, 0) is 26.0 Å².